The number of ether oxygens (including phenoxy) is 1. The number of rotatable bonds is 2. The van der Waals surface area contributed by atoms with E-state index in [-0.39, 0.29) is 18.8 Å². The number of fused-ring (bicyclic) bond motifs is 1. The number of hydrogen-bond donors (Lipinski definition) is 1. The van der Waals surface area contributed by atoms with Gasteiger partial charge in [-0.3, -0.25) is 0 Å². The van der Waals surface area contributed by atoms with E-state index in [0.29, 0.717) is 11.1 Å². The maximum atomic E-state index is 12.7. The van der Waals surface area contributed by atoms with Gasteiger partial charge in [0.25, 0.3) is 0 Å². The minimum Gasteiger partial charge on any atom is -0.478 e. The largest absolute Gasteiger partial charge is 0.478 e. The smallest absolute Gasteiger partial charge is 0.335 e. The molecular formula is C11H10F2O3. The SMILES string of the molecule is O=C(O)c1ccc2c(c1)C(C(F)F)COC2. The first-order chi connectivity index (χ1) is 7.59. The second-order valence-electron chi connectivity index (χ2n) is 3.67. The molecule has 1 aliphatic rings. The van der Waals surface area contributed by atoms with Crippen molar-refractivity contribution >= 4 is 5.97 Å². The Morgan fingerprint density at radius 1 is 1.50 bits per heavy atom. The van der Waals surface area contributed by atoms with Crippen LogP contribution in [0.15, 0.2) is 18.2 Å². The van der Waals surface area contributed by atoms with Gasteiger partial charge >= 0.3 is 5.97 Å². The van der Waals surface area contributed by atoms with Crippen LogP contribution in [0, 0.1) is 0 Å². The standard InChI is InChI=1S/C11H10F2O3/c12-10(13)9-5-16-4-7-2-1-6(11(14)15)3-8(7)9/h1-3,9-10H,4-5H2,(H,14,15). The van der Waals surface area contributed by atoms with Gasteiger partial charge < -0.3 is 9.84 Å². The second kappa shape index (κ2) is 4.17. The molecule has 1 unspecified atom stereocenters. The number of halogens is 2. The Bertz CT molecular complexity index is 418. The summed E-state index contributed by atoms with van der Waals surface area (Å²) in [5, 5.41) is 8.79. The molecular weight excluding hydrogens is 218 g/mol. The van der Waals surface area contributed by atoms with Gasteiger partial charge in [0.05, 0.1) is 24.7 Å². The first kappa shape index (κ1) is 11.0. The summed E-state index contributed by atoms with van der Waals surface area (Å²) in [5.74, 6) is -2.13. The van der Waals surface area contributed by atoms with Crippen LogP contribution in [-0.4, -0.2) is 24.1 Å². The first-order valence-electron chi connectivity index (χ1n) is 4.81. The number of benzene rings is 1. The fourth-order valence-corrected chi connectivity index (χ4v) is 1.80. The van der Waals surface area contributed by atoms with Crippen molar-refractivity contribution in [3.63, 3.8) is 0 Å². The van der Waals surface area contributed by atoms with Gasteiger partial charge in [-0.15, -0.1) is 0 Å². The maximum absolute atomic E-state index is 12.7. The highest BCUT2D eigenvalue weighted by Gasteiger charge is 2.29. The summed E-state index contributed by atoms with van der Waals surface area (Å²) in [5.41, 5.74) is 1.06. The third-order valence-corrected chi connectivity index (χ3v) is 2.65. The Hall–Kier alpha value is -1.49. The van der Waals surface area contributed by atoms with Gasteiger partial charge in [0.15, 0.2) is 0 Å². The summed E-state index contributed by atoms with van der Waals surface area (Å²) in [4.78, 5) is 10.7. The summed E-state index contributed by atoms with van der Waals surface area (Å²) < 4.78 is 30.5. The zero-order valence-corrected chi connectivity index (χ0v) is 8.32. The molecule has 0 fully saturated rings. The molecule has 3 nitrogen and oxygen atoms in total. The lowest BCUT2D eigenvalue weighted by Crippen LogP contribution is -2.23. The van der Waals surface area contributed by atoms with E-state index in [0.717, 1.165) is 0 Å². The van der Waals surface area contributed by atoms with Crippen molar-refractivity contribution in [2.75, 3.05) is 6.61 Å². The van der Waals surface area contributed by atoms with Crippen LogP contribution in [0.5, 0.6) is 0 Å². The Morgan fingerprint density at radius 2 is 2.25 bits per heavy atom. The Kier molecular flexibility index (Phi) is 2.87. The van der Waals surface area contributed by atoms with Gasteiger partial charge in [0.2, 0.25) is 6.43 Å². The number of carbonyl (C=O) groups is 1. The van der Waals surface area contributed by atoms with Gasteiger partial charge in [-0.05, 0) is 23.3 Å². The zero-order valence-electron chi connectivity index (χ0n) is 8.32. The summed E-state index contributed by atoms with van der Waals surface area (Å²) in [6, 6.07) is 4.25. The van der Waals surface area contributed by atoms with Crippen molar-refractivity contribution in [2.24, 2.45) is 0 Å². The highest BCUT2D eigenvalue weighted by atomic mass is 19.3. The van der Waals surface area contributed by atoms with Crippen LogP contribution in [0.4, 0.5) is 8.78 Å². The molecule has 0 saturated heterocycles. The molecule has 86 valence electrons. The van der Waals surface area contributed by atoms with Crippen LogP contribution >= 0.6 is 0 Å². The molecule has 2 rings (SSSR count). The predicted octanol–water partition coefficient (Wildman–Crippen LogP) is 2.26. The molecule has 1 aromatic carbocycles. The average Bonchev–Trinajstić information content (AvgIpc) is 2.27. The van der Waals surface area contributed by atoms with Crippen LogP contribution in [0.2, 0.25) is 0 Å². The monoisotopic (exact) mass is 228 g/mol. The second-order valence-corrected chi connectivity index (χ2v) is 3.67. The first-order valence-corrected chi connectivity index (χ1v) is 4.81. The van der Waals surface area contributed by atoms with Crippen molar-refractivity contribution < 1.29 is 23.4 Å². The van der Waals surface area contributed by atoms with E-state index in [2.05, 4.69) is 0 Å². The maximum Gasteiger partial charge on any atom is 0.335 e. The van der Waals surface area contributed by atoms with E-state index in [9.17, 15) is 13.6 Å². The average molecular weight is 228 g/mol. The molecule has 1 aliphatic heterocycles. The molecule has 5 heteroatoms. The molecule has 1 aromatic rings. The third-order valence-electron chi connectivity index (χ3n) is 2.65. The normalized spacial score (nSPS) is 19.6. The lowest BCUT2D eigenvalue weighted by atomic mass is 9.91. The number of carboxylic acids is 1. The summed E-state index contributed by atoms with van der Waals surface area (Å²) in [6.45, 7) is 0.201. The van der Waals surface area contributed by atoms with Gasteiger partial charge in [-0.1, -0.05) is 6.07 Å². The molecule has 0 aliphatic carbocycles. The zero-order chi connectivity index (χ0) is 11.7. The Morgan fingerprint density at radius 3 is 2.88 bits per heavy atom. The fourth-order valence-electron chi connectivity index (χ4n) is 1.80. The Labute approximate surface area is 90.7 Å². The molecule has 16 heavy (non-hydrogen) atoms. The number of hydrogen-bond acceptors (Lipinski definition) is 2. The van der Waals surface area contributed by atoms with E-state index in [1.165, 1.54) is 18.2 Å². The van der Waals surface area contributed by atoms with E-state index in [1.54, 1.807) is 0 Å². The van der Waals surface area contributed by atoms with Crippen molar-refractivity contribution in [2.45, 2.75) is 19.0 Å². The predicted molar refractivity (Wildman–Crippen MR) is 51.8 cm³/mol. The highest BCUT2D eigenvalue weighted by Crippen LogP contribution is 2.32. The van der Waals surface area contributed by atoms with Crippen LogP contribution < -0.4 is 0 Å². The minimum atomic E-state index is -2.54. The minimum absolute atomic E-state index is 0.0336. The van der Waals surface area contributed by atoms with Gasteiger partial charge in [0, 0.05) is 0 Å². The van der Waals surface area contributed by atoms with Crippen LogP contribution in [-0.2, 0) is 11.3 Å². The van der Waals surface area contributed by atoms with Crippen molar-refractivity contribution in [3.05, 3.63) is 34.9 Å². The molecule has 1 atom stereocenters. The molecule has 1 heterocycles. The van der Waals surface area contributed by atoms with Gasteiger partial charge in [-0.25, -0.2) is 13.6 Å². The quantitative estimate of drug-likeness (QED) is 0.844. The van der Waals surface area contributed by atoms with Crippen molar-refractivity contribution in [1.82, 2.24) is 0 Å². The van der Waals surface area contributed by atoms with Gasteiger partial charge in [0.1, 0.15) is 0 Å². The summed E-state index contributed by atoms with van der Waals surface area (Å²) in [7, 11) is 0. The van der Waals surface area contributed by atoms with Crippen LogP contribution in [0.3, 0.4) is 0 Å². The van der Waals surface area contributed by atoms with Crippen LogP contribution in [0.25, 0.3) is 0 Å². The van der Waals surface area contributed by atoms with Gasteiger partial charge in [-0.2, -0.15) is 0 Å². The molecule has 0 saturated carbocycles. The Balaban J connectivity index is 2.44. The molecule has 0 radical (unpaired) electrons. The van der Waals surface area contributed by atoms with Crippen molar-refractivity contribution in [3.8, 4) is 0 Å². The lowest BCUT2D eigenvalue weighted by molar-refractivity contribution is 0.0230. The summed E-state index contributed by atoms with van der Waals surface area (Å²) in [6.07, 6.45) is -2.54. The molecule has 0 amide bonds. The molecule has 1 N–H and O–H groups in total. The summed E-state index contributed by atoms with van der Waals surface area (Å²) >= 11 is 0. The molecule has 0 aromatic heterocycles. The topological polar surface area (TPSA) is 46.5 Å². The molecule has 0 bridgehead atoms. The number of alkyl halides is 2. The van der Waals surface area contributed by atoms with E-state index in [4.69, 9.17) is 9.84 Å². The van der Waals surface area contributed by atoms with E-state index >= 15 is 0 Å². The number of carboxylic acid groups (broad SMARTS) is 1. The van der Waals surface area contributed by atoms with Crippen LogP contribution in [0.1, 0.15) is 27.4 Å². The number of aromatic carboxylic acids is 1. The fraction of sp³-hybridized carbons (Fsp3) is 0.364. The lowest BCUT2D eigenvalue weighted by Gasteiger charge is -2.25. The third kappa shape index (κ3) is 1.90. The van der Waals surface area contributed by atoms with E-state index < -0.39 is 18.3 Å². The van der Waals surface area contributed by atoms with Crippen molar-refractivity contribution in [1.29, 1.82) is 0 Å². The molecule has 0 spiro atoms. The van der Waals surface area contributed by atoms with E-state index in [1.807, 2.05) is 0 Å². The highest BCUT2D eigenvalue weighted by molar-refractivity contribution is 5.88.